The molecule has 0 atom stereocenters. The van der Waals surface area contributed by atoms with Crippen LogP contribution < -0.4 is 10.6 Å². The molecule has 2 rings (SSSR count). The fraction of sp³-hybridized carbons (Fsp3) is 0.619. The summed E-state index contributed by atoms with van der Waals surface area (Å²) in [4.78, 5) is 18.9. The Kier molecular flexibility index (Phi) is 11.4. The number of halogens is 1. The first kappa shape index (κ1) is 23.7. The van der Waals surface area contributed by atoms with Crippen LogP contribution >= 0.6 is 24.0 Å². The lowest BCUT2D eigenvalue weighted by atomic mass is 9.90. The summed E-state index contributed by atoms with van der Waals surface area (Å²) < 4.78 is 0. The minimum atomic E-state index is 0. The van der Waals surface area contributed by atoms with E-state index in [1.54, 1.807) is 0 Å². The first-order valence-electron chi connectivity index (χ1n) is 9.92. The quantitative estimate of drug-likeness (QED) is 0.353. The molecule has 1 heterocycles. The summed E-state index contributed by atoms with van der Waals surface area (Å²) in [6.45, 7) is 9.91. The second-order valence-electron chi connectivity index (χ2n) is 7.48. The average Bonchev–Trinajstić information content (AvgIpc) is 2.65. The van der Waals surface area contributed by atoms with E-state index in [9.17, 15) is 4.79 Å². The van der Waals surface area contributed by atoms with Crippen molar-refractivity contribution in [2.45, 2.75) is 40.0 Å². The number of nitrogens with zero attached hydrogens (tertiary/aromatic N) is 2. The third-order valence-electron chi connectivity index (χ3n) is 4.73. The Morgan fingerprint density at radius 3 is 2.44 bits per heavy atom. The number of benzene rings is 1. The van der Waals surface area contributed by atoms with E-state index in [0.29, 0.717) is 11.8 Å². The van der Waals surface area contributed by atoms with Gasteiger partial charge in [-0.05, 0) is 43.6 Å². The third kappa shape index (κ3) is 8.95. The van der Waals surface area contributed by atoms with Crippen LogP contribution in [0.5, 0.6) is 0 Å². The molecule has 6 heteroatoms. The number of rotatable bonds is 7. The zero-order valence-corrected chi connectivity index (χ0v) is 19.2. The predicted molar refractivity (Wildman–Crippen MR) is 124 cm³/mol. The number of aliphatic imine (C=N–C) groups is 1. The molecule has 1 aliphatic rings. The smallest absolute Gasteiger partial charge is 0.244 e. The van der Waals surface area contributed by atoms with Crippen LogP contribution in [0.25, 0.3) is 0 Å². The van der Waals surface area contributed by atoms with Gasteiger partial charge >= 0.3 is 0 Å². The summed E-state index contributed by atoms with van der Waals surface area (Å²) in [5.74, 6) is 2.08. The van der Waals surface area contributed by atoms with Crippen molar-refractivity contribution >= 4 is 35.8 Å². The van der Waals surface area contributed by atoms with Gasteiger partial charge in [-0.3, -0.25) is 4.79 Å². The molecule has 0 aromatic heterocycles. The topological polar surface area (TPSA) is 56.7 Å². The summed E-state index contributed by atoms with van der Waals surface area (Å²) in [6, 6.07) is 10.6. The lowest BCUT2D eigenvalue weighted by molar-refractivity contribution is -0.130. The van der Waals surface area contributed by atoms with E-state index < -0.39 is 0 Å². The van der Waals surface area contributed by atoms with Crippen LogP contribution in [0, 0.1) is 11.8 Å². The molecular weight excluding hydrogens is 451 g/mol. The maximum atomic E-state index is 12.5. The molecule has 1 saturated heterocycles. The maximum Gasteiger partial charge on any atom is 0.244 e. The van der Waals surface area contributed by atoms with E-state index in [1.807, 2.05) is 11.8 Å². The van der Waals surface area contributed by atoms with E-state index in [1.165, 1.54) is 5.56 Å². The van der Waals surface area contributed by atoms with Gasteiger partial charge in [0.25, 0.3) is 0 Å². The lowest BCUT2D eigenvalue weighted by Gasteiger charge is -2.32. The van der Waals surface area contributed by atoms with Crippen molar-refractivity contribution in [3.63, 3.8) is 0 Å². The van der Waals surface area contributed by atoms with Gasteiger partial charge in [0.1, 0.15) is 6.54 Å². The standard InChI is InChI=1S/C21H34N4O.HI/c1-4-22-21(23-15-17(2)3)24-16-20(26)25-12-10-19(11-13-25)14-18-8-6-5-7-9-18;/h5-9,17,19H,4,10-16H2,1-3H3,(H2,22,23,24);1H. The van der Waals surface area contributed by atoms with Gasteiger partial charge in [0.2, 0.25) is 5.91 Å². The van der Waals surface area contributed by atoms with Crippen LogP contribution in [-0.4, -0.2) is 49.5 Å². The maximum absolute atomic E-state index is 12.5. The Bertz CT molecular complexity index is 569. The molecule has 1 aromatic rings. The van der Waals surface area contributed by atoms with Gasteiger partial charge in [-0.25, -0.2) is 4.99 Å². The molecule has 0 unspecified atom stereocenters. The summed E-state index contributed by atoms with van der Waals surface area (Å²) in [5, 5.41) is 6.48. The second-order valence-corrected chi connectivity index (χ2v) is 7.48. The SMILES string of the molecule is CCNC(=NCC(=O)N1CCC(Cc2ccccc2)CC1)NCC(C)C.I. The molecule has 0 aliphatic carbocycles. The van der Waals surface area contributed by atoms with Crippen LogP contribution in [0.15, 0.2) is 35.3 Å². The van der Waals surface area contributed by atoms with Crippen LogP contribution in [0.4, 0.5) is 0 Å². The van der Waals surface area contributed by atoms with Crippen molar-refractivity contribution < 1.29 is 4.79 Å². The van der Waals surface area contributed by atoms with Crippen molar-refractivity contribution in [3.8, 4) is 0 Å². The number of hydrogen-bond acceptors (Lipinski definition) is 2. The van der Waals surface area contributed by atoms with Gasteiger partial charge < -0.3 is 15.5 Å². The highest BCUT2D eigenvalue weighted by molar-refractivity contribution is 14.0. The highest BCUT2D eigenvalue weighted by atomic mass is 127. The second kappa shape index (κ2) is 13.0. The zero-order chi connectivity index (χ0) is 18.8. The number of hydrogen-bond donors (Lipinski definition) is 2. The average molecular weight is 486 g/mol. The molecule has 0 spiro atoms. The first-order chi connectivity index (χ1) is 12.6. The van der Waals surface area contributed by atoms with Gasteiger partial charge in [-0.2, -0.15) is 0 Å². The van der Waals surface area contributed by atoms with Gasteiger partial charge in [0.05, 0.1) is 0 Å². The lowest BCUT2D eigenvalue weighted by Crippen LogP contribution is -2.42. The van der Waals surface area contributed by atoms with Gasteiger partial charge in [-0.1, -0.05) is 44.2 Å². The fourth-order valence-corrected chi connectivity index (χ4v) is 3.22. The summed E-state index contributed by atoms with van der Waals surface area (Å²) in [5.41, 5.74) is 1.40. The summed E-state index contributed by atoms with van der Waals surface area (Å²) >= 11 is 0. The molecule has 2 N–H and O–H groups in total. The van der Waals surface area contributed by atoms with E-state index in [2.05, 4.69) is 59.8 Å². The molecule has 152 valence electrons. The monoisotopic (exact) mass is 486 g/mol. The van der Waals surface area contributed by atoms with Gasteiger partial charge in [0.15, 0.2) is 5.96 Å². The van der Waals surface area contributed by atoms with Crippen LogP contribution in [0.1, 0.15) is 39.2 Å². The Balaban J connectivity index is 0.00000364. The Morgan fingerprint density at radius 1 is 1.19 bits per heavy atom. The first-order valence-corrected chi connectivity index (χ1v) is 9.92. The Labute approximate surface area is 181 Å². The van der Waals surface area contributed by atoms with Crippen LogP contribution in [-0.2, 0) is 11.2 Å². The number of piperidine rings is 1. The third-order valence-corrected chi connectivity index (χ3v) is 4.73. The minimum Gasteiger partial charge on any atom is -0.357 e. The van der Waals surface area contributed by atoms with Gasteiger partial charge in [0, 0.05) is 26.2 Å². The molecule has 0 bridgehead atoms. The van der Waals surface area contributed by atoms with Crippen molar-refractivity contribution in [1.29, 1.82) is 0 Å². The highest BCUT2D eigenvalue weighted by Gasteiger charge is 2.22. The number of carbonyl (C=O) groups is 1. The number of likely N-dealkylation sites (tertiary alicyclic amines) is 1. The van der Waals surface area contributed by atoms with Crippen molar-refractivity contribution in [3.05, 3.63) is 35.9 Å². The molecule has 1 aromatic carbocycles. The largest absolute Gasteiger partial charge is 0.357 e. The summed E-state index contributed by atoms with van der Waals surface area (Å²) in [7, 11) is 0. The number of amides is 1. The van der Waals surface area contributed by atoms with E-state index >= 15 is 0 Å². The summed E-state index contributed by atoms with van der Waals surface area (Å²) in [6.07, 6.45) is 3.27. The minimum absolute atomic E-state index is 0. The van der Waals surface area contributed by atoms with Crippen molar-refractivity contribution in [1.82, 2.24) is 15.5 Å². The Hall–Kier alpha value is -1.31. The molecule has 0 saturated carbocycles. The normalized spacial score (nSPS) is 15.4. The van der Waals surface area contributed by atoms with Crippen LogP contribution in [0.3, 0.4) is 0 Å². The molecular formula is C21H35IN4O. The molecule has 0 radical (unpaired) electrons. The van der Waals surface area contributed by atoms with Crippen LogP contribution in [0.2, 0.25) is 0 Å². The van der Waals surface area contributed by atoms with E-state index in [-0.39, 0.29) is 36.4 Å². The molecule has 1 fully saturated rings. The zero-order valence-electron chi connectivity index (χ0n) is 16.9. The number of carbonyl (C=O) groups excluding carboxylic acids is 1. The van der Waals surface area contributed by atoms with E-state index in [4.69, 9.17) is 0 Å². The number of guanidine groups is 1. The predicted octanol–water partition coefficient (Wildman–Crippen LogP) is 3.30. The molecule has 1 amide bonds. The molecule has 1 aliphatic heterocycles. The van der Waals surface area contributed by atoms with Crippen molar-refractivity contribution in [2.75, 3.05) is 32.7 Å². The van der Waals surface area contributed by atoms with E-state index in [0.717, 1.165) is 51.4 Å². The van der Waals surface area contributed by atoms with Crippen molar-refractivity contribution in [2.24, 2.45) is 16.8 Å². The highest BCUT2D eigenvalue weighted by Crippen LogP contribution is 2.21. The van der Waals surface area contributed by atoms with Gasteiger partial charge in [-0.15, -0.1) is 24.0 Å². The fourth-order valence-electron chi connectivity index (χ4n) is 3.22. The molecule has 5 nitrogen and oxygen atoms in total. The molecule has 27 heavy (non-hydrogen) atoms. The number of nitrogens with one attached hydrogen (secondary N) is 2. The Morgan fingerprint density at radius 2 is 1.85 bits per heavy atom.